The smallest absolute Gasteiger partial charge is 0.263 e. The number of carbonyl (C=O) groups is 1. The molecule has 0 spiro atoms. The van der Waals surface area contributed by atoms with E-state index in [1.807, 2.05) is 26.0 Å². The van der Waals surface area contributed by atoms with Crippen molar-refractivity contribution in [2.45, 2.75) is 27.2 Å². The average molecular weight is 275 g/mol. The second-order valence-electron chi connectivity index (χ2n) is 4.41. The first-order valence-corrected chi connectivity index (χ1v) is 6.41. The van der Waals surface area contributed by atoms with Crippen LogP contribution in [0.4, 0.5) is 5.82 Å². The third-order valence-electron chi connectivity index (χ3n) is 2.66. The summed E-state index contributed by atoms with van der Waals surface area (Å²) in [6.07, 6.45) is 0.751. The van der Waals surface area contributed by atoms with Crippen molar-refractivity contribution >= 4 is 11.7 Å². The molecule has 6 nitrogen and oxygen atoms in total. The van der Waals surface area contributed by atoms with E-state index in [2.05, 4.69) is 15.5 Å². The zero-order chi connectivity index (χ0) is 14.5. The zero-order valence-electron chi connectivity index (χ0n) is 11.8. The fraction of sp³-hybridized carbons (Fsp3) is 0.357. The van der Waals surface area contributed by atoms with Gasteiger partial charge >= 0.3 is 0 Å². The van der Waals surface area contributed by atoms with Crippen LogP contribution >= 0.6 is 0 Å². The van der Waals surface area contributed by atoms with E-state index in [0.717, 1.165) is 17.8 Å². The predicted octanol–water partition coefficient (Wildman–Crippen LogP) is 2.27. The van der Waals surface area contributed by atoms with Crippen molar-refractivity contribution in [1.82, 2.24) is 10.1 Å². The van der Waals surface area contributed by atoms with Crippen LogP contribution in [0.25, 0.3) is 0 Å². The molecule has 1 amide bonds. The summed E-state index contributed by atoms with van der Waals surface area (Å²) in [5.74, 6) is 1.36. The van der Waals surface area contributed by atoms with Crippen LogP contribution in [-0.4, -0.2) is 22.7 Å². The topological polar surface area (TPSA) is 77.2 Å². The van der Waals surface area contributed by atoms with E-state index in [1.165, 1.54) is 0 Å². The lowest BCUT2D eigenvalue weighted by molar-refractivity contribution is -0.118. The Morgan fingerprint density at radius 1 is 1.40 bits per heavy atom. The second kappa shape index (κ2) is 6.18. The van der Waals surface area contributed by atoms with Crippen LogP contribution in [0.2, 0.25) is 0 Å². The molecule has 0 aliphatic heterocycles. The number of hydrogen-bond donors (Lipinski definition) is 1. The molecule has 0 aromatic carbocycles. The summed E-state index contributed by atoms with van der Waals surface area (Å²) in [6, 6.07) is 5.32. The van der Waals surface area contributed by atoms with Crippen LogP contribution in [0.15, 0.2) is 22.7 Å². The maximum absolute atomic E-state index is 11.7. The number of nitrogens with zero attached hydrogens (tertiary/aromatic N) is 2. The number of aryl methyl sites for hydroxylation is 3. The summed E-state index contributed by atoms with van der Waals surface area (Å²) in [5.41, 5.74) is 1.77. The zero-order valence-corrected chi connectivity index (χ0v) is 11.8. The van der Waals surface area contributed by atoms with Crippen molar-refractivity contribution in [2.24, 2.45) is 0 Å². The van der Waals surface area contributed by atoms with Crippen LogP contribution in [0.5, 0.6) is 5.75 Å². The van der Waals surface area contributed by atoms with Gasteiger partial charge in [-0.3, -0.25) is 9.78 Å². The molecule has 1 N–H and O–H groups in total. The van der Waals surface area contributed by atoms with Gasteiger partial charge in [0.2, 0.25) is 0 Å². The first-order valence-electron chi connectivity index (χ1n) is 6.41. The Labute approximate surface area is 117 Å². The Balaban J connectivity index is 1.93. The van der Waals surface area contributed by atoms with E-state index in [1.54, 1.807) is 13.0 Å². The predicted molar refractivity (Wildman–Crippen MR) is 73.7 cm³/mol. The normalized spacial score (nSPS) is 10.3. The number of pyridine rings is 1. The van der Waals surface area contributed by atoms with Gasteiger partial charge in [-0.05, 0) is 32.4 Å². The van der Waals surface area contributed by atoms with Crippen molar-refractivity contribution in [3.05, 3.63) is 35.3 Å². The van der Waals surface area contributed by atoms with E-state index in [4.69, 9.17) is 9.26 Å². The average Bonchev–Trinajstić information content (AvgIpc) is 2.82. The van der Waals surface area contributed by atoms with Crippen LogP contribution in [-0.2, 0) is 11.2 Å². The van der Waals surface area contributed by atoms with E-state index >= 15 is 0 Å². The van der Waals surface area contributed by atoms with Crippen LogP contribution < -0.4 is 10.1 Å². The summed E-state index contributed by atoms with van der Waals surface area (Å²) in [7, 11) is 0. The number of ether oxygens (including phenoxy) is 1. The fourth-order valence-electron chi connectivity index (χ4n) is 1.73. The lowest BCUT2D eigenvalue weighted by Gasteiger charge is -2.09. The fourth-order valence-corrected chi connectivity index (χ4v) is 1.73. The minimum absolute atomic E-state index is 0.0936. The number of amides is 1. The van der Waals surface area contributed by atoms with Crippen molar-refractivity contribution in [2.75, 3.05) is 11.9 Å². The van der Waals surface area contributed by atoms with E-state index in [-0.39, 0.29) is 12.5 Å². The van der Waals surface area contributed by atoms with E-state index < -0.39 is 0 Å². The Morgan fingerprint density at radius 2 is 2.20 bits per heavy atom. The van der Waals surface area contributed by atoms with Gasteiger partial charge in [-0.1, -0.05) is 12.1 Å². The summed E-state index contributed by atoms with van der Waals surface area (Å²) in [6.45, 7) is 5.57. The van der Waals surface area contributed by atoms with Crippen molar-refractivity contribution < 1.29 is 14.1 Å². The molecule has 20 heavy (non-hydrogen) atoms. The number of anilines is 1. The Hall–Kier alpha value is -2.37. The van der Waals surface area contributed by atoms with Gasteiger partial charge in [0.25, 0.3) is 5.91 Å². The molecule has 0 saturated carbocycles. The maximum Gasteiger partial charge on any atom is 0.263 e. The van der Waals surface area contributed by atoms with E-state index in [0.29, 0.717) is 17.3 Å². The molecule has 0 unspecified atom stereocenters. The number of nitrogens with one attached hydrogen (secondary N) is 1. The first-order chi connectivity index (χ1) is 9.58. The lowest BCUT2D eigenvalue weighted by Crippen LogP contribution is -2.20. The van der Waals surface area contributed by atoms with Crippen molar-refractivity contribution in [3.63, 3.8) is 0 Å². The van der Waals surface area contributed by atoms with Gasteiger partial charge in [0, 0.05) is 11.8 Å². The number of carbonyl (C=O) groups excluding carboxylic acids is 1. The monoisotopic (exact) mass is 275 g/mol. The highest BCUT2D eigenvalue weighted by atomic mass is 16.5. The molecule has 2 heterocycles. The van der Waals surface area contributed by atoms with Crippen molar-refractivity contribution in [1.29, 1.82) is 0 Å². The quantitative estimate of drug-likeness (QED) is 0.905. The van der Waals surface area contributed by atoms with E-state index in [9.17, 15) is 4.79 Å². The van der Waals surface area contributed by atoms with Gasteiger partial charge in [0.1, 0.15) is 11.5 Å². The molecule has 0 fully saturated rings. The standard InChI is InChI=1S/C14H17N3O3/c1-4-11-12(6-5-9(2)15-11)19-8-14(18)16-13-7-10(3)20-17-13/h5-7H,4,8H2,1-3H3,(H,16,17,18). The Kier molecular flexibility index (Phi) is 4.34. The summed E-state index contributed by atoms with van der Waals surface area (Å²) < 4.78 is 10.4. The molecule has 6 heteroatoms. The molecule has 0 bridgehead atoms. The molecule has 0 aliphatic rings. The molecule has 106 valence electrons. The molecular weight excluding hydrogens is 258 g/mol. The van der Waals surface area contributed by atoms with Gasteiger partial charge in [0.15, 0.2) is 12.4 Å². The summed E-state index contributed by atoms with van der Waals surface area (Å²) >= 11 is 0. The lowest BCUT2D eigenvalue weighted by atomic mass is 10.2. The van der Waals surface area contributed by atoms with Gasteiger partial charge in [-0.25, -0.2) is 0 Å². The number of rotatable bonds is 5. The minimum Gasteiger partial charge on any atom is -0.482 e. The molecular formula is C14H17N3O3. The Morgan fingerprint density at radius 3 is 2.85 bits per heavy atom. The van der Waals surface area contributed by atoms with Gasteiger partial charge in [0.05, 0.1) is 5.69 Å². The summed E-state index contributed by atoms with van der Waals surface area (Å²) in [4.78, 5) is 16.1. The molecule has 2 aromatic heterocycles. The Bertz CT molecular complexity index is 607. The largest absolute Gasteiger partial charge is 0.482 e. The minimum atomic E-state index is -0.291. The van der Waals surface area contributed by atoms with Crippen LogP contribution in [0, 0.1) is 13.8 Å². The SMILES string of the molecule is CCc1nc(C)ccc1OCC(=O)Nc1cc(C)on1. The van der Waals surface area contributed by atoms with Crippen molar-refractivity contribution in [3.8, 4) is 5.75 Å². The number of aromatic nitrogens is 2. The maximum atomic E-state index is 11.7. The number of hydrogen-bond acceptors (Lipinski definition) is 5. The highest BCUT2D eigenvalue weighted by Gasteiger charge is 2.09. The highest BCUT2D eigenvalue weighted by molar-refractivity contribution is 5.90. The third kappa shape index (κ3) is 3.57. The highest BCUT2D eigenvalue weighted by Crippen LogP contribution is 2.17. The molecule has 0 saturated heterocycles. The molecule has 0 radical (unpaired) electrons. The van der Waals surface area contributed by atoms with Crippen LogP contribution in [0.1, 0.15) is 24.1 Å². The third-order valence-corrected chi connectivity index (χ3v) is 2.66. The van der Waals surface area contributed by atoms with Gasteiger partial charge in [-0.15, -0.1) is 0 Å². The first kappa shape index (κ1) is 14.0. The van der Waals surface area contributed by atoms with Gasteiger partial charge in [-0.2, -0.15) is 0 Å². The molecule has 0 aliphatic carbocycles. The summed E-state index contributed by atoms with van der Waals surface area (Å²) in [5, 5.41) is 6.27. The molecule has 0 atom stereocenters. The van der Waals surface area contributed by atoms with Gasteiger partial charge < -0.3 is 14.6 Å². The second-order valence-corrected chi connectivity index (χ2v) is 4.41. The molecule has 2 aromatic rings. The van der Waals surface area contributed by atoms with Crippen LogP contribution in [0.3, 0.4) is 0 Å². The molecule has 2 rings (SSSR count).